The summed E-state index contributed by atoms with van der Waals surface area (Å²) in [5.74, 6) is 1.22. The number of benzene rings is 2. The third kappa shape index (κ3) is 4.29. The van der Waals surface area contributed by atoms with E-state index in [1.54, 1.807) is 10.5 Å². The molecule has 0 spiro atoms. The Labute approximate surface area is 199 Å². The number of halogens is 1. The third-order valence-electron chi connectivity index (χ3n) is 5.31. The Bertz CT molecular complexity index is 1510. The molecule has 0 atom stereocenters. The second kappa shape index (κ2) is 8.84. The highest BCUT2D eigenvalue weighted by Crippen LogP contribution is 2.30. The van der Waals surface area contributed by atoms with Crippen molar-refractivity contribution >= 4 is 29.0 Å². The lowest BCUT2D eigenvalue weighted by Gasteiger charge is -2.11. The first-order valence-corrected chi connectivity index (χ1v) is 11.8. The van der Waals surface area contributed by atoms with Crippen LogP contribution in [0.4, 0.5) is 0 Å². The van der Waals surface area contributed by atoms with Crippen molar-refractivity contribution in [2.45, 2.75) is 24.8 Å². The molecule has 0 aliphatic carbocycles. The number of aryl methyl sites for hydroxylation is 2. The Hall–Kier alpha value is -3.42. The molecule has 0 N–H and O–H groups in total. The maximum absolute atomic E-state index is 12.6. The van der Waals surface area contributed by atoms with Crippen LogP contribution >= 0.6 is 23.4 Å². The standard InChI is InChI=1S/C25H20ClN5OS/c1-16-6-8-18(9-7-16)24-28-29-25(31(24)21-12-10-19(26)11-13-21)33-15-20-14-23(32)30-17(2)4-3-5-22(30)27-20/h3-14H,15H2,1-2H3. The first-order chi connectivity index (χ1) is 16.0. The van der Waals surface area contributed by atoms with E-state index in [-0.39, 0.29) is 5.56 Å². The first kappa shape index (κ1) is 21.4. The van der Waals surface area contributed by atoms with Crippen molar-refractivity contribution in [1.29, 1.82) is 0 Å². The summed E-state index contributed by atoms with van der Waals surface area (Å²) in [4.78, 5) is 17.3. The van der Waals surface area contributed by atoms with Crippen LogP contribution in [-0.2, 0) is 5.75 Å². The number of thioether (sulfide) groups is 1. The Morgan fingerprint density at radius 2 is 1.70 bits per heavy atom. The molecule has 0 unspecified atom stereocenters. The molecule has 2 aromatic carbocycles. The molecule has 33 heavy (non-hydrogen) atoms. The Morgan fingerprint density at radius 3 is 2.45 bits per heavy atom. The van der Waals surface area contributed by atoms with Crippen molar-refractivity contribution in [3.8, 4) is 17.1 Å². The van der Waals surface area contributed by atoms with Gasteiger partial charge in [0.25, 0.3) is 5.56 Å². The van der Waals surface area contributed by atoms with E-state index in [4.69, 9.17) is 11.6 Å². The number of aromatic nitrogens is 5. The molecule has 6 nitrogen and oxygen atoms in total. The lowest BCUT2D eigenvalue weighted by Crippen LogP contribution is -2.17. The zero-order valence-electron chi connectivity index (χ0n) is 18.1. The number of rotatable bonds is 5. The van der Waals surface area contributed by atoms with Crippen LogP contribution < -0.4 is 5.56 Å². The second-order valence-electron chi connectivity index (χ2n) is 7.72. The average Bonchev–Trinajstić information content (AvgIpc) is 3.22. The van der Waals surface area contributed by atoms with Crippen LogP contribution in [0.3, 0.4) is 0 Å². The predicted octanol–water partition coefficient (Wildman–Crippen LogP) is 5.50. The molecule has 0 saturated carbocycles. The molecule has 0 fully saturated rings. The summed E-state index contributed by atoms with van der Waals surface area (Å²) in [6, 6.07) is 23.0. The monoisotopic (exact) mass is 473 g/mol. The van der Waals surface area contributed by atoms with Crippen molar-refractivity contribution in [2.24, 2.45) is 0 Å². The normalized spacial score (nSPS) is 11.2. The van der Waals surface area contributed by atoms with Gasteiger partial charge in [-0.2, -0.15) is 0 Å². The number of pyridine rings is 1. The highest BCUT2D eigenvalue weighted by molar-refractivity contribution is 7.98. The van der Waals surface area contributed by atoms with E-state index in [0.717, 1.165) is 22.8 Å². The summed E-state index contributed by atoms with van der Waals surface area (Å²) in [5, 5.41) is 10.3. The summed E-state index contributed by atoms with van der Waals surface area (Å²) >= 11 is 7.60. The van der Waals surface area contributed by atoms with E-state index in [1.165, 1.54) is 17.3 Å². The van der Waals surface area contributed by atoms with Gasteiger partial charge in [0.05, 0.1) is 5.69 Å². The van der Waals surface area contributed by atoms with Gasteiger partial charge in [-0.25, -0.2) is 4.98 Å². The maximum Gasteiger partial charge on any atom is 0.258 e. The van der Waals surface area contributed by atoms with Crippen molar-refractivity contribution in [3.05, 3.63) is 105 Å². The SMILES string of the molecule is Cc1ccc(-c2nnc(SCc3cc(=O)n4c(C)cccc4n3)n2-c2ccc(Cl)cc2)cc1. The maximum atomic E-state index is 12.6. The molecule has 3 heterocycles. The highest BCUT2D eigenvalue weighted by Gasteiger charge is 2.17. The second-order valence-corrected chi connectivity index (χ2v) is 9.10. The summed E-state index contributed by atoms with van der Waals surface area (Å²) in [7, 11) is 0. The van der Waals surface area contributed by atoms with E-state index in [2.05, 4.69) is 34.2 Å². The topological polar surface area (TPSA) is 65.1 Å². The zero-order chi connectivity index (χ0) is 22.9. The lowest BCUT2D eigenvalue weighted by molar-refractivity contribution is 0.884. The third-order valence-corrected chi connectivity index (χ3v) is 6.52. The fraction of sp³-hybridized carbons (Fsp3) is 0.120. The van der Waals surface area contributed by atoms with Crippen LogP contribution in [0.2, 0.25) is 5.02 Å². The number of fused-ring (bicyclic) bond motifs is 1. The van der Waals surface area contributed by atoms with Crippen LogP contribution in [-0.4, -0.2) is 24.1 Å². The smallest absolute Gasteiger partial charge is 0.258 e. The van der Waals surface area contributed by atoms with E-state index >= 15 is 0 Å². The van der Waals surface area contributed by atoms with Gasteiger partial charge >= 0.3 is 0 Å². The summed E-state index contributed by atoms with van der Waals surface area (Å²) in [5.41, 5.74) is 5.14. The van der Waals surface area contributed by atoms with Crippen LogP contribution in [0.5, 0.6) is 0 Å². The van der Waals surface area contributed by atoms with Gasteiger partial charge in [-0.3, -0.25) is 13.8 Å². The molecule has 164 valence electrons. The molecule has 3 aromatic heterocycles. The van der Waals surface area contributed by atoms with Gasteiger partial charge in [0, 0.05) is 33.8 Å². The fourth-order valence-corrected chi connectivity index (χ4v) is 4.62. The molecule has 5 rings (SSSR count). The van der Waals surface area contributed by atoms with E-state index in [0.29, 0.717) is 27.3 Å². The summed E-state index contributed by atoms with van der Waals surface area (Å²) in [6.07, 6.45) is 0. The summed E-state index contributed by atoms with van der Waals surface area (Å²) < 4.78 is 3.61. The van der Waals surface area contributed by atoms with Crippen LogP contribution in [0.1, 0.15) is 17.0 Å². The van der Waals surface area contributed by atoms with Gasteiger partial charge in [0.15, 0.2) is 11.0 Å². The van der Waals surface area contributed by atoms with Crippen LogP contribution in [0, 0.1) is 13.8 Å². The van der Waals surface area contributed by atoms with Crippen molar-refractivity contribution in [2.75, 3.05) is 0 Å². The average molecular weight is 474 g/mol. The molecule has 0 aliphatic rings. The van der Waals surface area contributed by atoms with E-state index in [9.17, 15) is 4.79 Å². The lowest BCUT2D eigenvalue weighted by atomic mass is 10.1. The van der Waals surface area contributed by atoms with Crippen molar-refractivity contribution < 1.29 is 0 Å². The molecule has 0 saturated heterocycles. The summed E-state index contributed by atoms with van der Waals surface area (Å²) in [6.45, 7) is 3.95. The highest BCUT2D eigenvalue weighted by atomic mass is 35.5. The molecular formula is C25H20ClN5OS. The van der Waals surface area contributed by atoms with Crippen LogP contribution in [0.25, 0.3) is 22.7 Å². The van der Waals surface area contributed by atoms with E-state index in [1.807, 2.05) is 66.1 Å². The van der Waals surface area contributed by atoms with E-state index < -0.39 is 0 Å². The van der Waals surface area contributed by atoms with Gasteiger partial charge < -0.3 is 0 Å². The number of nitrogens with zero attached hydrogens (tertiary/aromatic N) is 5. The molecular weight excluding hydrogens is 454 g/mol. The van der Waals surface area contributed by atoms with Gasteiger partial charge in [-0.15, -0.1) is 10.2 Å². The van der Waals surface area contributed by atoms with Gasteiger partial charge in [0.2, 0.25) is 0 Å². The molecule has 0 radical (unpaired) electrons. The largest absolute Gasteiger partial charge is 0.270 e. The molecule has 5 aromatic rings. The molecule has 8 heteroatoms. The Balaban J connectivity index is 1.53. The quantitative estimate of drug-likeness (QED) is 0.315. The van der Waals surface area contributed by atoms with Crippen LogP contribution in [0.15, 0.2) is 82.7 Å². The zero-order valence-corrected chi connectivity index (χ0v) is 19.6. The molecule has 0 aliphatic heterocycles. The predicted molar refractivity (Wildman–Crippen MR) is 132 cm³/mol. The fourth-order valence-electron chi connectivity index (χ4n) is 3.65. The van der Waals surface area contributed by atoms with Gasteiger partial charge in [-0.1, -0.05) is 59.3 Å². The minimum absolute atomic E-state index is 0.0896. The van der Waals surface area contributed by atoms with Crippen molar-refractivity contribution in [1.82, 2.24) is 24.1 Å². The van der Waals surface area contributed by atoms with Gasteiger partial charge in [-0.05, 0) is 50.2 Å². The minimum atomic E-state index is -0.0896. The van der Waals surface area contributed by atoms with Crippen molar-refractivity contribution in [3.63, 3.8) is 0 Å². The molecule has 0 bridgehead atoms. The first-order valence-electron chi connectivity index (χ1n) is 10.4. The van der Waals surface area contributed by atoms with Gasteiger partial charge in [0.1, 0.15) is 5.65 Å². The Kier molecular flexibility index (Phi) is 5.74. The minimum Gasteiger partial charge on any atom is -0.270 e. The molecule has 0 amide bonds. The number of hydrogen-bond acceptors (Lipinski definition) is 5. The Morgan fingerprint density at radius 1 is 0.939 bits per heavy atom. The number of hydrogen-bond donors (Lipinski definition) is 0.